The van der Waals surface area contributed by atoms with Crippen LogP contribution in [-0.2, 0) is 0 Å². The Kier molecular flexibility index (Phi) is 3.00. The fourth-order valence-electron chi connectivity index (χ4n) is 1.43. The van der Waals surface area contributed by atoms with Crippen molar-refractivity contribution in [3.05, 3.63) is 66.4 Å². The van der Waals surface area contributed by atoms with Gasteiger partial charge in [0.1, 0.15) is 0 Å². The highest BCUT2D eigenvalue weighted by Gasteiger charge is 2.05. The van der Waals surface area contributed by atoms with Crippen LogP contribution in [0, 0.1) is 0 Å². The van der Waals surface area contributed by atoms with Gasteiger partial charge in [-0.3, -0.25) is 5.21 Å². The van der Waals surface area contributed by atoms with Crippen molar-refractivity contribution in [2.24, 2.45) is 0 Å². The van der Waals surface area contributed by atoms with Gasteiger partial charge in [0.15, 0.2) is 0 Å². The summed E-state index contributed by atoms with van der Waals surface area (Å²) in [6, 6.07) is 9.45. The van der Waals surface area contributed by atoms with Crippen molar-refractivity contribution < 1.29 is 5.21 Å². The Bertz CT molecular complexity index is 404. The summed E-state index contributed by atoms with van der Waals surface area (Å²) in [4.78, 5) is 0. The number of hydrogen-bond acceptors (Lipinski definition) is 2. The van der Waals surface area contributed by atoms with Crippen LogP contribution in [-0.4, -0.2) is 5.21 Å². The van der Waals surface area contributed by atoms with Gasteiger partial charge in [0.2, 0.25) is 0 Å². The third-order valence-electron chi connectivity index (χ3n) is 2.21. The maximum Gasteiger partial charge on any atom is 0.0693 e. The summed E-state index contributed by atoms with van der Waals surface area (Å²) in [5.41, 5.74) is 1.54. The maximum atomic E-state index is 9.95. The normalized spacial score (nSPS) is 14.6. The minimum absolute atomic E-state index is 0.767. The Morgan fingerprint density at radius 1 is 1.07 bits per heavy atom. The largest absolute Gasteiger partial charge is 0.284 e. The zero-order chi connectivity index (χ0) is 10.5. The van der Waals surface area contributed by atoms with Gasteiger partial charge in [-0.1, -0.05) is 36.4 Å². The van der Waals surface area contributed by atoms with E-state index in [9.17, 15) is 5.21 Å². The molecule has 2 rings (SSSR count). The minimum Gasteiger partial charge on any atom is -0.284 e. The smallest absolute Gasteiger partial charge is 0.0693 e. The molecule has 1 aliphatic rings. The van der Waals surface area contributed by atoms with E-state index in [1.54, 1.807) is 0 Å². The van der Waals surface area contributed by atoms with Gasteiger partial charge in [-0.25, -0.2) is 5.06 Å². The third-order valence-corrected chi connectivity index (χ3v) is 2.21. The van der Waals surface area contributed by atoms with Crippen LogP contribution in [0.1, 0.15) is 6.42 Å². The molecule has 0 fully saturated rings. The van der Waals surface area contributed by atoms with Crippen LogP contribution in [0.2, 0.25) is 0 Å². The monoisotopic (exact) mass is 199 g/mol. The molecule has 0 aliphatic heterocycles. The van der Waals surface area contributed by atoms with E-state index < -0.39 is 0 Å². The number of para-hydroxylation sites is 1. The lowest BCUT2D eigenvalue weighted by atomic mass is 10.3. The van der Waals surface area contributed by atoms with Crippen LogP contribution in [0.5, 0.6) is 0 Å². The average Bonchev–Trinajstić information content (AvgIpc) is 2.58. The fraction of sp³-hybridized carbons (Fsp3) is 0.0769. The van der Waals surface area contributed by atoms with E-state index in [1.807, 2.05) is 60.7 Å². The highest BCUT2D eigenvalue weighted by molar-refractivity contribution is 5.52. The molecule has 0 amide bonds. The summed E-state index contributed by atoms with van der Waals surface area (Å²) in [5, 5.41) is 11.1. The lowest BCUT2D eigenvalue weighted by molar-refractivity contribution is 0.287. The number of benzene rings is 1. The molecule has 1 aromatic rings. The first kappa shape index (κ1) is 9.74. The molecule has 0 aromatic heterocycles. The molecule has 0 atom stereocenters. The molecule has 2 heteroatoms. The van der Waals surface area contributed by atoms with Gasteiger partial charge < -0.3 is 0 Å². The summed E-state index contributed by atoms with van der Waals surface area (Å²) in [5.74, 6) is 0. The molecular weight excluding hydrogens is 186 g/mol. The second-order valence-electron chi connectivity index (χ2n) is 3.31. The van der Waals surface area contributed by atoms with Crippen LogP contribution in [0.4, 0.5) is 5.69 Å². The Morgan fingerprint density at radius 2 is 1.87 bits per heavy atom. The van der Waals surface area contributed by atoms with Gasteiger partial charge >= 0.3 is 0 Å². The van der Waals surface area contributed by atoms with Gasteiger partial charge in [-0.2, -0.15) is 0 Å². The number of hydroxylamine groups is 1. The highest BCUT2D eigenvalue weighted by atomic mass is 16.5. The first-order chi connectivity index (χ1) is 7.38. The van der Waals surface area contributed by atoms with Gasteiger partial charge in [-0.15, -0.1) is 0 Å². The van der Waals surface area contributed by atoms with Crippen molar-refractivity contribution >= 4 is 5.69 Å². The summed E-state index contributed by atoms with van der Waals surface area (Å²) in [6.45, 7) is 0. The molecule has 0 saturated heterocycles. The Morgan fingerprint density at radius 3 is 2.67 bits per heavy atom. The predicted octanol–water partition coefficient (Wildman–Crippen LogP) is 3.28. The Hall–Kier alpha value is -1.80. The summed E-state index contributed by atoms with van der Waals surface area (Å²) < 4.78 is 0. The number of rotatable bonds is 2. The zero-order valence-corrected chi connectivity index (χ0v) is 8.38. The number of anilines is 1. The summed E-state index contributed by atoms with van der Waals surface area (Å²) in [7, 11) is 0. The van der Waals surface area contributed by atoms with Crippen molar-refractivity contribution in [2.75, 3.05) is 5.06 Å². The molecule has 15 heavy (non-hydrogen) atoms. The van der Waals surface area contributed by atoms with Gasteiger partial charge in [0, 0.05) is 0 Å². The van der Waals surface area contributed by atoms with Crippen LogP contribution in [0.25, 0.3) is 0 Å². The maximum absolute atomic E-state index is 9.95. The summed E-state index contributed by atoms with van der Waals surface area (Å²) >= 11 is 0. The standard InChI is InChI=1S/C13H13NO/c15-14(13-10-6-3-7-11-13)12-8-4-1-2-5-9-12/h1,3-11,15H,2H2. The molecule has 0 heterocycles. The Labute approximate surface area is 89.4 Å². The van der Waals surface area contributed by atoms with Crippen LogP contribution < -0.4 is 5.06 Å². The minimum atomic E-state index is 0.767. The van der Waals surface area contributed by atoms with Crippen LogP contribution in [0.15, 0.2) is 66.4 Å². The fourth-order valence-corrected chi connectivity index (χ4v) is 1.43. The second kappa shape index (κ2) is 4.62. The molecule has 0 saturated carbocycles. The number of nitrogens with zero attached hydrogens (tertiary/aromatic N) is 1. The predicted molar refractivity (Wildman–Crippen MR) is 61.7 cm³/mol. The first-order valence-corrected chi connectivity index (χ1v) is 4.95. The molecule has 1 N–H and O–H groups in total. The molecule has 1 aliphatic carbocycles. The molecule has 76 valence electrons. The van der Waals surface area contributed by atoms with Crippen molar-refractivity contribution in [3.8, 4) is 0 Å². The van der Waals surface area contributed by atoms with E-state index in [1.165, 1.54) is 5.06 Å². The van der Waals surface area contributed by atoms with E-state index in [2.05, 4.69) is 0 Å². The van der Waals surface area contributed by atoms with E-state index in [0.717, 1.165) is 17.8 Å². The highest BCUT2D eigenvalue weighted by Crippen LogP contribution is 2.18. The van der Waals surface area contributed by atoms with E-state index >= 15 is 0 Å². The van der Waals surface area contributed by atoms with E-state index in [0.29, 0.717) is 0 Å². The van der Waals surface area contributed by atoms with Crippen molar-refractivity contribution in [1.82, 2.24) is 0 Å². The van der Waals surface area contributed by atoms with Crippen molar-refractivity contribution in [3.63, 3.8) is 0 Å². The molecule has 0 unspecified atom stereocenters. The molecule has 0 bridgehead atoms. The topological polar surface area (TPSA) is 23.5 Å². The molecule has 0 radical (unpaired) electrons. The quantitative estimate of drug-likeness (QED) is 0.739. The zero-order valence-electron chi connectivity index (χ0n) is 8.38. The number of allylic oxidation sites excluding steroid dienone is 5. The Balaban J connectivity index is 2.24. The van der Waals surface area contributed by atoms with Gasteiger partial charge in [0.25, 0.3) is 0 Å². The van der Waals surface area contributed by atoms with Crippen molar-refractivity contribution in [2.45, 2.75) is 6.42 Å². The van der Waals surface area contributed by atoms with Gasteiger partial charge in [0.05, 0.1) is 11.4 Å². The lowest BCUT2D eigenvalue weighted by Gasteiger charge is -2.17. The van der Waals surface area contributed by atoms with Crippen LogP contribution in [0.3, 0.4) is 0 Å². The lowest BCUT2D eigenvalue weighted by Crippen LogP contribution is -2.15. The third kappa shape index (κ3) is 2.36. The van der Waals surface area contributed by atoms with E-state index in [4.69, 9.17) is 0 Å². The van der Waals surface area contributed by atoms with Crippen LogP contribution >= 0.6 is 0 Å². The first-order valence-electron chi connectivity index (χ1n) is 4.95. The van der Waals surface area contributed by atoms with E-state index in [-0.39, 0.29) is 0 Å². The van der Waals surface area contributed by atoms with Gasteiger partial charge in [-0.05, 0) is 30.7 Å². The molecule has 0 spiro atoms. The van der Waals surface area contributed by atoms with Crippen molar-refractivity contribution in [1.29, 1.82) is 0 Å². The average molecular weight is 199 g/mol. The molecular formula is C13H13NO. The summed E-state index contributed by atoms with van der Waals surface area (Å²) in [6.07, 6.45) is 10.7. The molecule has 2 nitrogen and oxygen atoms in total. The SMILES string of the molecule is ON(C1=CC=CCC=C1)c1ccccc1. The second-order valence-corrected chi connectivity index (χ2v) is 3.31. The number of hydrogen-bond donors (Lipinski definition) is 1. The molecule has 1 aromatic carbocycles.